The summed E-state index contributed by atoms with van der Waals surface area (Å²) < 4.78 is 2.13. The molecule has 2 aromatic heterocycles. The minimum Gasteiger partial charge on any atom is -0.335 e. The third-order valence-corrected chi connectivity index (χ3v) is 6.17. The van der Waals surface area contributed by atoms with Crippen molar-refractivity contribution in [3.05, 3.63) is 54.4 Å². The van der Waals surface area contributed by atoms with Crippen molar-refractivity contribution in [2.75, 3.05) is 5.75 Å². The van der Waals surface area contributed by atoms with Crippen LogP contribution in [-0.4, -0.2) is 32.6 Å². The Hall–Kier alpha value is -1.92. The minimum absolute atomic E-state index is 0.193. The van der Waals surface area contributed by atoms with Gasteiger partial charge in [-0.15, -0.1) is 11.3 Å². The molecular formula is C18H17N3OS2. The first kappa shape index (κ1) is 15.6. The number of carbonyl (C=O) groups is 1. The fourth-order valence-corrected chi connectivity index (χ4v) is 4.57. The molecule has 1 aromatic carbocycles. The number of hydrogen-bond donors (Lipinski definition) is 0. The van der Waals surface area contributed by atoms with Crippen LogP contribution in [0.4, 0.5) is 0 Å². The van der Waals surface area contributed by atoms with Gasteiger partial charge in [-0.3, -0.25) is 9.78 Å². The second-order valence-electron chi connectivity index (χ2n) is 5.84. The molecule has 0 spiro atoms. The first-order valence-corrected chi connectivity index (χ1v) is 9.76. The van der Waals surface area contributed by atoms with Crippen molar-refractivity contribution in [1.82, 2.24) is 14.9 Å². The molecule has 0 bridgehead atoms. The number of thiazole rings is 1. The van der Waals surface area contributed by atoms with Crippen LogP contribution in [0.3, 0.4) is 0 Å². The highest BCUT2D eigenvalue weighted by atomic mass is 32.2. The van der Waals surface area contributed by atoms with Crippen LogP contribution in [0.15, 0.2) is 53.1 Å². The van der Waals surface area contributed by atoms with Crippen LogP contribution in [0.1, 0.15) is 18.4 Å². The van der Waals surface area contributed by atoms with E-state index in [2.05, 4.69) is 16.0 Å². The quantitative estimate of drug-likeness (QED) is 0.628. The number of rotatable bonds is 6. The Balaban J connectivity index is 1.41. The van der Waals surface area contributed by atoms with Gasteiger partial charge in [0, 0.05) is 25.0 Å². The molecule has 6 heteroatoms. The largest absolute Gasteiger partial charge is 0.335 e. The summed E-state index contributed by atoms with van der Waals surface area (Å²) in [5.74, 6) is 0.639. The molecule has 1 fully saturated rings. The van der Waals surface area contributed by atoms with Gasteiger partial charge >= 0.3 is 0 Å². The number of benzene rings is 1. The van der Waals surface area contributed by atoms with E-state index in [4.69, 9.17) is 0 Å². The van der Waals surface area contributed by atoms with Gasteiger partial charge in [0.15, 0.2) is 4.34 Å². The van der Waals surface area contributed by atoms with Gasteiger partial charge in [0.05, 0.1) is 16.0 Å². The maximum atomic E-state index is 12.7. The third kappa shape index (κ3) is 3.60. The maximum absolute atomic E-state index is 12.7. The number of amides is 1. The summed E-state index contributed by atoms with van der Waals surface area (Å²) in [4.78, 5) is 23.3. The highest BCUT2D eigenvalue weighted by molar-refractivity contribution is 8.01. The van der Waals surface area contributed by atoms with E-state index in [0.29, 0.717) is 18.3 Å². The van der Waals surface area contributed by atoms with Crippen molar-refractivity contribution < 1.29 is 4.79 Å². The number of fused-ring (bicyclic) bond motifs is 1. The maximum Gasteiger partial charge on any atom is 0.233 e. The molecule has 0 saturated heterocycles. The molecule has 0 N–H and O–H groups in total. The van der Waals surface area contributed by atoms with Crippen molar-refractivity contribution in [3.8, 4) is 0 Å². The van der Waals surface area contributed by atoms with Gasteiger partial charge in [-0.2, -0.15) is 0 Å². The lowest BCUT2D eigenvalue weighted by atomic mass is 10.2. The average molecular weight is 355 g/mol. The number of para-hydroxylation sites is 1. The lowest BCUT2D eigenvalue weighted by molar-refractivity contribution is -0.129. The Labute approximate surface area is 148 Å². The van der Waals surface area contributed by atoms with Gasteiger partial charge in [0.1, 0.15) is 0 Å². The average Bonchev–Trinajstić information content (AvgIpc) is 3.37. The molecule has 1 saturated carbocycles. The SMILES string of the molecule is O=C(CSc1nc2ccccc2s1)N(Cc1ccncc1)C1CC1. The smallest absolute Gasteiger partial charge is 0.233 e. The second-order valence-corrected chi connectivity index (χ2v) is 8.10. The summed E-state index contributed by atoms with van der Waals surface area (Å²) in [5, 5.41) is 0. The monoisotopic (exact) mass is 355 g/mol. The molecule has 1 aliphatic rings. The Morgan fingerprint density at radius 2 is 2.00 bits per heavy atom. The molecule has 24 heavy (non-hydrogen) atoms. The minimum atomic E-state index is 0.193. The molecule has 3 aromatic rings. The molecule has 1 amide bonds. The van der Waals surface area contributed by atoms with Gasteiger partial charge in [-0.05, 0) is 42.7 Å². The van der Waals surface area contributed by atoms with Crippen molar-refractivity contribution in [2.24, 2.45) is 0 Å². The third-order valence-electron chi connectivity index (χ3n) is 4.00. The summed E-state index contributed by atoms with van der Waals surface area (Å²) in [7, 11) is 0. The van der Waals surface area contributed by atoms with Gasteiger partial charge < -0.3 is 4.90 Å². The lowest BCUT2D eigenvalue weighted by Crippen LogP contribution is -2.33. The van der Waals surface area contributed by atoms with Gasteiger partial charge in [0.2, 0.25) is 5.91 Å². The van der Waals surface area contributed by atoms with Crippen molar-refractivity contribution in [1.29, 1.82) is 0 Å². The van der Waals surface area contributed by atoms with Crippen LogP contribution in [0, 0.1) is 0 Å². The van der Waals surface area contributed by atoms with Gasteiger partial charge in [-0.1, -0.05) is 23.9 Å². The summed E-state index contributed by atoms with van der Waals surface area (Å²) in [6.45, 7) is 0.673. The number of carbonyl (C=O) groups excluding carboxylic acids is 1. The normalized spacial score (nSPS) is 14.0. The predicted molar refractivity (Wildman–Crippen MR) is 98.2 cm³/mol. The fourth-order valence-electron chi connectivity index (χ4n) is 2.61. The summed E-state index contributed by atoms with van der Waals surface area (Å²) >= 11 is 3.19. The second kappa shape index (κ2) is 6.91. The van der Waals surface area contributed by atoms with Crippen LogP contribution >= 0.6 is 23.1 Å². The zero-order valence-electron chi connectivity index (χ0n) is 13.1. The first-order valence-electron chi connectivity index (χ1n) is 7.96. The Bertz CT molecular complexity index is 813. The van der Waals surface area contributed by atoms with Crippen molar-refractivity contribution in [2.45, 2.75) is 29.8 Å². The van der Waals surface area contributed by atoms with E-state index in [1.54, 1.807) is 35.5 Å². The zero-order valence-corrected chi connectivity index (χ0v) is 14.7. The molecule has 122 valence electrons. The summed E-state index contributed by atoms with van der Waals surface area (Å²) in [6.07, 6.45) is 5.78. The van der Waals surface area contributed by atoms with Crippen molar-refractivity contribution >= 4 is 39.2 Å². The molecule has 0 atom stereocenters. The van der Waals surface area contributed by atoms with E-state index in [0.717, 1.165) is 28.3 Å². The molecule has 0 unspecified atom stereocenters. The van der Waals surface area contributed by atoms with E-state index in [9.17, 15) is 4.79 Å². The Kier molecular flexibility index (Phi) is 4.49. The number of pyridine rings is 1. The van der Waals surface area contributed by atoms with E-state index in [-0.39, 0.29) is 5.91 Å². The lowest BCUT2D eigenvalue weighted by Gasteiger charge is -2.22. The van der Waals surface area contributed by atoms with E-state index < -0.39 is 0 Å². The molecule has 2 heterocycles. The van der Waals surface area contributed by atoms with E-state index in [1.165, 1.54) is 4.70 Å². The first-order chi connectivity index (χ1) is 11.8. The van der Waals surface area contributed by atoms with Gasteiger partial charge in [-0.25, -0.2) is 4.98 Å². The molecular weight excluding hydrogens is 338 g/mol. The number of nitrogens with zero attached hydrogens (tertiary/aromatic N) is 3. The molecule has 0 aliphatic heterocycles. The van der Waals surface area contributed by atoms with E-state index >= 15 is 0 Å². The van der Waals surface area contributed by atoms with Crippen molar-refractivity contribution in [3.63, 3.8) is 0 Å². The van der Waals surface area contributed by atoms with Crippen LogP contribution in [0.2, 0.25) is 0 Å². The zero-order chi connectivity index (χ0) is 16.4. The standard InChI is InChI=1S/C18H17N3OS2/c22-17(12-23-18-20-15-3-1-2-4-16(15)24-18)21(14-5-6-14)11-13-7-9-19-10-8-13/h1-4,7-10,14H,5-6,11-12H2. The molecule has 1 aliphatic carbocycles. The Morgan fingerprint density at radius 3 is 2.75 bits per heavy atom. The molecule has 4 nitrogen and oxygen atoms in total. The summed E-state index contributed by atoms with van der Waals surface area (Å²) in [5.41, 5.74) is 2.14. The van der Waals surface area contributed by atoms with Gasteiger partial charge in [0.25, 0.3) is 0 Å². The molecule has 4 rings (SSSR count). The van der Waals surface area contributed by atoms with Crippen LogP contribution in [-0.2, 0) is 11.3 Å². The number of hydrogen-bond acceptors (Lipinski definition) is 5. The van der Waals surface area contributed by atoms with Crippen LogP contribution < -0.4 is 0 Å². The van der Waals surface area contributed by atoms with Crippen LogP contribution in [0.5, 0.6) is 0 Å². The predicted octanol–water partition coefficient (Wildman–Crippen LogP) is 3.97. The highest BCUT2D eigenvalue weighted by Gasteiger charge is 2.32. The fraction of sp³-hybridized carbons (Fsp3) is 0.278. The Morgan fingerprint density at radius 1 is 1.21 bits per heavy atom. The number of thioether (sulfide) groups is 1. The van der Waals surface area contributed by atoms with Crippen LogP contribution in [0.25, 0.3) is 10.2 Å². The molecule has 0 radical (unpaired) electrons. The highest BCUT2D eigenvalue weighted by Crippen LogP contribution is 2.32. The van der Waals surface area contributed by atoms with E-state index in [1.807, 2.05) is 35.2 Å². The summed E-state index contributed by atoms with van der Waals surface area (Å²) in [6, 6.07) is 12.4. The topological polar surface area (TPSA) is 46.1 Å². The number of aromatic nitrogens is 2.